The van der Waals surface area contributed by atoms with E-state index >= 15 is 0 Å². The van der Waals surface area contributed by atoms with E-state index in [-0.39, 0.29) is 16.9 Å². The van der Waals surface area contributed by atoms with E-state index in [1.54, 1.807) is 24.2 Å². The molecule has 0 aliphatic carbocycles. The van der Waals surface area contributed by atoms with Crippen LogP contribution < -0.4 is 11.2 Å². The number of aryl methyl sites for hydroxylation is 1. The number of anilines is 1. The number of nitrogens with zero attached hydrogens (tertiary/aromatic N) is 2. The smallest absolute Gasteiger partial charge is 0.259 e. The molecule has 1 amide bonds. The van der Waals surface area contributed by atoms with Crippen LogP contribution >= 0.6 is 0 Å². The Morgan fingerprint density at radius 3 is 2.65 bits per heavy atom. The number of pyridine rings is 1. The lowest BCUT2D eigenvalue weighted by Gasteiger charge is -2.19. The van der Waals surface area contributed by atoms with Crippen molar-refractivity contribution in [1.29, 1.82) is 0 Å². The van der Waals surface area contributed by atoms with Crippen LogP contribution in [-0.2, 0) is 6.54 Å². The van der Waals surface area contributed by atoms with Crippen molar-refractivity contribution < 1.29 is 4.79 Å². The van der Waals surface area contributed by atoms with Gasteiger partial charge in [-0.1, -0.05) is 26.3 Å². The lowest BCUT2D eigenvalue weighted by atomic mass is 10.1. The lowest BCUT2D eigenvalue weighted by Crippen LogP contribution is -2.32. The van der Waals surface area contributed by atoms with Crippen molar-refractivity contribution in [2.75, 3.05) is 19.3 Å². The molecule has 1 heterocycles. The van der Waals surface area contributed by atoms with Gasteiger partial charge in [0.2, 0.25) is 5.43 Å². The minimum absolute atomic E-state index is 0.197. The van der Waals surface area contributed by atoms with Gasteiger partial charge in [-0.25, -0.2) is 0 Å². The van der Waals surface area contributed by atoms with Crippen LogP contribution in [0.25, 0.3) is 10.9 Å². The normalized spacial score (nSPS) is 10.9. The van der Waals surface area contributed by atoms with Crippen molar-refractivity contribution in [1.82, 2.24) is 9.47 Å². The molecule has 0 radical (unpaired) electrons. The molecule has 2 aromatic rings. The predicted octanol–water partition coefficient (Wildman–Crippen LogP) is 2.87. The number of amides is 1. The van der Waals surface area contributed by atoms with E-state index in [2.05, 4.69) is 13.8 Å². The van der Waals surface area contributed by atoms with Crippen LogP contribution in [0.2, 0.25) is 0 Å². The van der Waals surface area contributed by atoms with E-state index in [1.807, 2.05) is 16.7 Å². The molecule has 124 valence electrons. The summed E-state index contributed by atoms with van der Waals surface area (Å²) in [6.07, 6.45) is 4.51. The monoisotopic (exact) mass is 315 g/mol. The Hall–Kier alpha value is -2.30. The summed E-state index contributed by atoms with van der Waals surface area (Å²) in [6.45, 7) is 5.51. The first kappa shape index (κ1) is 17.1. The first-order chi connectivity index (χ1) is 11.0. The van der Waals surface area contributed by atoms with Crippen LogP contribution in [-0.4, -0.2) is 29.0 Å². The molecule has 1 aromatic heterocycles. The first-order valence-corrected chi connectivity index (χ1v) is 8.18. The fourth-order valence-corrected chi connectivity index (χ4v) is 2.74. The van der Waals surface area contributed by atoms with Crippen molar-refractivity contribution in [2.24, 2.45) is 0 Å². The Kier molecular flexibility index (Phi) is 5.42. The van der Waals surface area contributed by atoms with Crippen molar-refractivity contribution in [3.63, 3.8) is 0 Å². The lowest BCUT2D eigenvalue weighted by molar-refractivity contribution is 0.0791. The third-order valence-corrected chi connectivity index (χ3v) is 4.03. The molecular weight excluding hydrogens is 290 g/mol. The van der Waals surface area contributed by atoms with Gasteiger partial charge < -0.3 is 15.2 Å². The minimum Gasteiger partial charge on any atom is -0.398 e. The number of nitrogen functional groups attached to an aromatic ring is 1. The molecule has 0 unspecified atom stereocenters. The molecule has 0 saturated carbocycles. The van der Waals surface area contributed by atoms with E-state index in [1.165, 1.54) is 0 Å². The number of fused-ring (bicyclic) bond motifs is 1. The summed E-state index contributed by atoms with van der Waals surface area (Å²) in [5.74, 6) is -0.238. The molecule has 5 heteroatoms. The largest absolute Gasteiger partial charge is 0.398 e. The molecule has 2 rings (SSSR count). The molecule has 23 heavy (non-hydrogen) atoms. The topological polar surface area (TPSA) is 68.3 Å². The summed E-state index contributed by atoms with van der Waals surface area (Å²) in [4.78, 5) is 27.1. The van der Waals surface area contributed by atoms with E-state index in [0.29, 0.717) is 17.6 Å². The molecule has 5 nitrogen and oxygen atoms in total. The van der Waals surface area contributed by atoms with E-state index in [9.17, 15) is 9.59 Å². The van der Waals surface area contributed by atoms with Crippen molar-refractivity contribution in [2.45, 2.75) is 39.7 Å². The van der Waals surface area contributed by atoms with Crippen LogP contribution in [0.3, 0.4) is 0 Å². The molecule has 0 bridgehead atoms. The number of unbranched alkanes of at least 4 members (excludes halogenated alkanes) is 1. The Bertz CT molecular complexity index is 765. The molecule has 0 aliphatic heterocycles. The number of hydrogen-bond acceptors (Lipinski definition) is 3. The standard InChI is InChI=1S/C18H25N3O2/c1-4-6-11-20(3)18(23)13-12-21(10-5-2)15-9-7-8-14(19)16(15)17(13)22/h7-9,12H,4-6,10-11,19H2,1-3H3. The van der Waals surface area contributed by atoms with Gasteiger partial charge in [0.05, 0.1) is 10.9 Å². The molecule has 2 N–H and O–H groups in total. The Morgan fingerprint density at radius 2 is 2.00 bits per heavy atom. The molecule has 0 spiro atoms. The van der Waals surface area contributed by atoms with Crippen LogP contribution in [0.4, 0.5) is 5.69 Å². The highest BCUT2D eigenvalue weighted by molar-refractivity contribution is 6.00. The van der Waals surface area contributed by atoms with Crippen LogP contribution in [0.15, 0.2) is 29.2 Å². The summed E-state index contributed by atoms with van der Waals surface area (Å²) in [6, 6.07) is 5.41. The molecule has 0 atom stereocenters. The van der Waals surface area contributed by atoms with Gasteiger partial charge in [-0.2, -0.15) is 0 Å². The van der Waals surface area contributed by atoms with Gasteiger partial charge >= 0.3 is 0 Å². The molecular formula is C18H25N3O2. The average molecular weight is 315 g/mol. The number of carbonyl (C=O) groups is 1. The van der Waals surface area contributed by atoms with Crippen LogP contribution in [0.5, 0.6) is 0 Å². The summed E-state index contributed by atoms with van der Waals surface area (Å²) < 4.78 is 1.95. The van der Waals surface area contributed by atoms with Gasteiger partial charge in [-0.3, -0.25) is 9.59 Å². The van der Waals surface area contributed by atoms with E-state index in [0.717, 1.165) is 31.3 Å². The Morgan fingerprint density at radius 1 is 1.26 bits per heavy atom. The van der Waals surface area contributed by atoms with Crippen LogP contribution in [0, 0.1) is 0 Å². The second-order valence-electron chi connectivity index (χ2n) is 5.89. The summed E-state index contributed by atoms with van der Waals surface area (Å²) >= 11 is 0. The second kappa shape index (κ2) is 7.31. The predicted molar refractivity (Wildman–Crippen MR) is 94.8 cm³/mol. The number of hydrogen-bond donors (Lipinski definition) is 1. The fourth-order valence-electron chi connectivity index (χ4n) is 2.74. The van der Waals surface area contributed by atoms with Crippen molar-refractivity contribution >= 4 is 22.5 Å². The number of nitrogens with two attached hydrogens (primary N) is 1. The van der Waals surface area contributed by atoms with Crippen molar-refractivity contribution in [3.05, 3.63) is 40.2 Å². The van der Waals surface area contributed by atoms with Gasteiger partial charge in [-0.05, 0) is 25.0 Å². The zero-order chi connectivity index (χ0) is 17.0. The first-order valence-electron chi connectivity index (χ1n) is 8.18. The highest BCUT2D eigenvalue weighted by Crippen LogP contribution is 2.19. The number of benzene rings is 1. The fraction of sp³-hybridized carbons (Fsp3) is 0.444. The summed E-state index contributed by atoms with van der Waals surface area (Å²) in [7, 11) is 1.74. The maximum Gasteiger partial charge on any atom is 0.259 e. The third-order valence-electron chi connectivity index (χ3n) is 4.03. The highest BCUT2D eigenvalue weighted by Gasteiger charge is 2.19. The summed E-state index contributed by atoms with van der Waals surface area (Å²) in [5, 5.41) is 0.440. The van der Waals surface area contributed by atoms with Gasteiger partial charge in [0.1, 0.15) is 5.56 Å². The van der Waals surface area contributed by atoms with Gasteiger partial charge in [0.15, 0.2) is 0 Å². The van der Waals surface area contributed by atoms with Gasteiger partial charge in [0, 0.05) is 32.0 Å². The number of rotatable bonds is 6. The Balaban J connectivity index is 2.60. The summed E-state index contributed by atoms with van der Waals surface area (Å²) in [5.41, 5.74) is 7.13. The number of aromatic nitrogens is 1. The SMILES string of the molecule is CCCCN(C)C(=O)c1cn(CCC)c2cccc(N)c2c1=O. The maximum absolute atomic E-state index is 12.8. The Labute approximate surface area is 136 Å². The zero-order valence-corrected chi connectivity index (χ0v) is 14.1. The molecule has 0 aliphatic rings. The molecule has 1 aromatic carbocycles. The molecule has 0 fully saturated rings. The third kappa shape index (κ3) is 3.38. The second-order valence-corrected chi connectivity index (χ2v) is 5.89. The zero-order valence-electron chi connectivity index (χ0n) is 14.1. The average Bonchev–Trinajstić information content (AvgIpc) is 2.54. The van der Waals surface area contributed by atoms with Crippen molar-refractivity contribution in [3.8, 4) is 0 Å². The molecule has 0 saturated heterocycles. The van der Waals surface area contributed by atoms with E-state index in [4.69, 9.17) is 5.73 Å². The van der Waals surface area contributed by atoms with E-state index < -0.39 is 0 Å². The quantitative estimate of drug-likeness (QED) is 0.833. The minimum atomic E-state index is -0.279. The number of carbonyl (C=O) groups excluding carboxylic acids is 1. The van der Waals surface area contributed by atoms with Gasteiger partial charge in [0.25, 0.3) is 5.91 Å². The van der Waals surface area contributed by atoms with Crippen LogP contribution in [0.1, 0.15) is 43.5 Å². The van der Waals surface area contributed by atoms with Gasteiger partial charge in [-0.15, -0.1) is 0 Å². The highest BCUT2D eigenvalue weighted by atomic mass is 16.2. The maximum atomic E-state index is 12.8.